The van der Waals surface area contributed by atoms with Crippen molar-refractivity contribution >= 4 is 19.7 Å². The maximum atomic E-state index is 6.61. The van der Waals surface area contributed by atoms with Gasteiger partial charge >= 0.3 is 0 Å². The summed E-state index contributed by atoms with van der Waals surface area (Å²) in [5, 5.41) is 1.57. The molecule has 0 aromatic carbocycles. The van der Waals surface area contributed by atoms with Gasteiger partial charge in [0, 0.05) is 16.7 Å². The van der Waals surface area contributed by atoms with Crippen LogP contribution in [0.25, 0.3) is 0 Å². The Balaban J connectivity index is 2.11. The summed E-state index contributed by atoms with van der Waals surface area (Å²) >= 11 is 1.90. The molecular weight excluding hydrogens is 294 g/mol. The van der Waals surface area contributed by atoms with Crippen LogP contribution in [0.5, 0.6) is 0 Å². The highest BCUT2D eigenvalue weighted by Crippen LogP contribution is 2.40. The van der Waals surface area contributed by atoms with E-state index >= 15 is 0 Å². The fourth-order valence-electron chi connectivity index (χ4n) is 2.36. The molecule has 1 unspecified atom stereocenters. The van der Waals surface area contributed by atoms with Crippen LogP contribution < -0.4 is 0 Å². The monoisotopic (exact) mass is 325 g/mol. The van der Waals surface area contributed by atoms with E-state index in [1.807, 2.05) is 11.3 Å². The van der Waals surface area contributed by atoms with E-state index in [9.17, 15) is 0 Å². The van der Waals surface area contributed by atoms with Crippen molar-refractivity contribution in [3.8, 4) is 0 Å². The summed E-state index contributed by atoms with van der Waals surface area (Å²) in [6.07, 6.45) is 3.68. The Bertz CT molecular complexity index is 508. The van der Waals surface area contributed by atoms with Gasteiger partial charge in [-0.3, -0.25) is 0 Å². The molecule has 0 radical (unpaired) electrons. The molecule has 1 atom stereocenters. The first-order chi connectivity index (χ1) is 9.40. The molecule has 1 heterocycles. The van der Waals surface area contributed by atoms with E-state index in [-0.39, 0.29) is 10.5 Å². The zero-order valence-corrected chi connectivity index (χ0v) is 16.8. The van der Waals surface area contributed by atoms with Crippen LogP contribution in [0.2, 0.25) is 18.1 Å². The standard InChI is InChI=1S/C17H31NOSSi/c1-16(2,3)15-18-13-10-9-12(11-14(13)20-15)19-21(7,8)17(4,5)6/h12H,9-11H2,1-8H3. The maximum absolute atomic E-state index is 6.61. The third-order valence-electron chi connectivity index (χ3n) is 4.80. The van der Waals surface area contributed by atoms with E-state index < -0.39 is 8.32 Å². The van der Waals surface area contributed by atoms with Crippen molar-refractivity contribution in [3.63, 3.8) is 0 Å². The summed E-state index contributed by atoms with van der Waals surface area (Å²) in [6.45, 7) is 18.4. The average Bonchev–Trinajstić information content (AvgIpc) is 2.69. The summed E-state index contributed by atoms with van der Waals surface area (Å²) in [5.74, 6) is 0. The van der Waals surface area contributed by atoms with Crippen molar-refractivity contribution in [1.29, 1.82) is 0 Å². The lowest BCUT2D eigenvalue weighted by atomic mass is 9.97. The summed E-state index contributed by atoms with van der Waals surface area (Å²) in [7, 11) is -1.66. The van der Waals surface area contributed by atoms with Gasteiger partial charge in [0.25, 0.3) is 0 Å². The lowest BCUT2D eigenvalue weighted by Gasteiger charge is -2.40. The Morgan fingerprint density at radius 3 is 2.29 bits per heavy atom. The van der Waals surface area contributed by atoms with Crippen LogP contribution in [-0.2, 0) is 22.7 Å². The minimum absolute atomic E-state index is 0.164. The van der Waals surface area contributed by atoms with Gasteiger partial charge in [-0.25, -0.2) is 4.98 Å². The number of aromatic nitrogens is 1. The molecule has 0 spiro atoms. The second kappa shape index (κ2) is 5.46. The van der Waals surface area contributed by atoms with E-state index in [1.165, 1.54) is 15.6 Å². The zero-order chi connectivity index (χ0) is 16.1. The Labute approximate surface area is 135 Å². The summed E-state index contributed by atoms with van der Waals surface area (Å²) in [6, 6.07) is 0. The summed E-state index contributed by atoms with van der Waals surface area (Å²) in [4.78, 5) is 6.34. The second-order valence-electron chi connectivity index (χ2n) is 8.88. The van der Waals surface area contributed by atoms with E-state index in [2.05, 4.69) is 54.6 Å². The van der Waals surface area contributed by atoms with Gasteiger partial charge < -0.3 is 4.43 Å². The van der Waals surface area contributed by atoms with Crippen LogP contribution in [0, 0.1) is 0 Å². The van der Waals surface area contributed by atoms with Crippen molar-refractivity contribution < 1.29 is 4.43 Å². The minimum atomic E-state index is -1.66. The number of aryl methyl sites for hydroxylation is 1. The van der Waals surface area contributed by atoms with Crippen LogP contribution in [0.4, 0.5) is 0 Å². The molecule has 0 amide bonds. The Morgan fingerprint density at radius 1 is 1.14 bits per heavy atom. The minimum Gasteiger partial charge on any atom is -0.414 e. The van der Waals surface area contributed by atoms with Crippen LogP contribution in [0.3, 0.4) is 0 Å². The smallest absolute Gasteiger partial charge is 0.192 e. The highest BCUT2D eigenvalue weighted by Gasteiger charge is 2.40. The Morgan fingerprint density at radius 2 is 1.76 bits per heavy atom. The summed E-state index contributed by atoms with van der Waals surface area (Å²) in [5.41, 5.74) is 1.50. The van der Waals surface area contributed by atoms with Gasteiger partial charge in [0.1, 0.15) is 0 Å². The van der Waals surface area contributed by atoms with Crippen molar-refractivity contribution in [2.45, 2.75) is 90.5 Å². The third kappa shape index (κ3) is 3.77. The topological polar surface area (TPSA) is 22.1 Å². The van der Waals surface area contributed by atoms with E-state index in [4.69, 9.17) is 9.41 Å². The largest absolute Gasteiger partial charge is 0.414 e. The molecule has 1 aliphatic rings. The number of hydrogen-bond donors (Lipinski definition) is 0. The lowest BCUT2D eigenvalue weighted by molar-refractivity contribution is 0.165. The van der Waals surface area contributed by atoms with Gasteiger partial charge in [-0.2, -0.15) is 0 Å². The van der Waals surface area contributed by atoms with E-state index in [0.717, 1.165) is 19.3 Å². The van der Waals surface area contributed by atoms with Crippen LogP contribution in [-0.4, -0.2) is 19.4 Å². The average molecular weight is 326 g/mol. The molecule has 0 fully saturated rings. The zero-order valence-electron chi connectivity index (χ0n) is 15.0. The van der Waals surface area contributed by atoms with Gasteiger partial charge in [0.05, 0.1) is 16.8 Å². The van der Waals surface area contributed by atoms with Crippen molar-refractivity contribution in [2.24, 2.45) is 0 Å². The van der Waals surface area contributed by atoms with Crippen LogP contribution >= 0.6 is 11.3 Å². The van der Waals surface area contributed by atoms with Crippen molar-refractivity contribution in [2.75, 3.05) is 0 Å². The molecule has 21 heavy (non-hydrogen) atoms. The fourth-order valence-corrected chi connectivity index (χ4v) is 4.98. The van der Waals surface area contributed by atoms with Crippen molar-refractivity contribution in [1.82, 2.24) is 4.98 Å². The lowest BCUT2D eigenvalue weighted by Crippen LogP contribution is -2.45. The van der Waals surface area contributed by atoms with Crippen LogP contribution in [0.1, 0.15) is 63.5 Å². The van der Waals surface area contributed by atoms with Gasteiger partial charge in [-0.1, -0.05) is 41.5 Å². The SMILES string of the molecule is CC(C)(C)c1nc2c(s1)CC(O[Si](C)(C)C(C)(C)C)CC2. The molecule has 0 aliphatic heterocycles. The number of hydrogen-bond acceptors (Lipinski definition) is 3. The first-order valence-corrected chi connectivity index (χ1v) is 11.8. The summed E-state index contributed by atoms with van der Waals surface area (Å²) < 4.78 is 6.61. The Hall–Kier alpha value is -0.193. The van der Waals surface area contributed by atoms with Crippen molar-refractivity contribution in [3.05, 3.63) is 15.6 Å². The maximum Gasteiger partial charge on any atom is 0.192 e. The molecule has 1 aromatic heterocycles. The van der Waals surface area contributed by atoms with E-state index in [1.54, 1.807) is 0 Å². The quantitative estimate of drug-likeness (QED) is 0.687. The number of thiazole rings is 1. The molecule has 2 rings (SSSR count). The normalized spacial score (nSPS) is 20.5. The van der Waals surface area contributed by atoms with E-state index in [0.29, 0.717) is 6.10 Å². The first kappa shape index (κ1) is 17.2. The van der Waals surface area contributed by atoms with Gasteiger partial charge in [0.15, 0.2) is 8.32 Å². The van der Waals surface area contributed by atoms with Gasteiger partial charge in [0.2, 0.25) is 0 Å². The molecule has 0 saturated carbocycles. The second-order valence-corrected chi connectivity index (χ2v) is 14.7. The molecule has 2 nitrogen and oxygen atoms in total. The third-order valence-corrected chi connectivity index (χ3v) is 10.9. The molecule has 1 aliphatic carbocycles. The van der Waals surface area contributed by atoms with Gasteiger partial charge in [-0.15, -0.1) is 11.3 Å². The molecular formula is C17H31NOSSi. The molecule has 0 saturated heterocycles. The fraction of sp³-hybridized carbons (Fsp3) is 0.824. The van der Waals surface area contributed by atoms with Crippen LogP contribution in [0.15, 0.2) is 0 Å². The van der Waals surface area contributed by atoms with Gasteiger partial charge in [-0.05, 0) is 31.0 Å². The predicted octanol–water partition coefficient (Wildman–Crippen LogP) is 5.32. The highest BCUT2D eigenvalue weighted by molar-refractivity contribution is 7.11. The number of fused-ring (bicyclic) bond motifs is 1. The molecule has 0 N–H and O–H groups in total. The number of rotatable bonds is 2. The highest BCUT2D eigenvalue weighted by atomic mass is 32.1. The molecule has 1 aromatic rings. The Kier molecular flexibility index (Phi) is 4.47. The first-order valence-electron chi connectivity index (χ1n) is 8.07. The molecule has 0 bridgehead atoms. The molecule has 120 valence electrons. The molecule has 4 heteroatoms. The number of nitrogens with zero attached hydrogens (tertiary/aromatic N) is 1. The predicted molar refractivity (Wildman–Crippen MR) is 94.9 cm³/mol.